The summed E-state index contributed by atoms with van der Waals surface area (Å²) in [5.41, 5.74) is 0.924. The fourth-order valence-corrected chi connectivity index (χ4v) is 2.50. The molecule has 0 bridgehead atoms. The maximum absolute atomic E-state index is 11.4. The van der Waals surface area contributed by atoms with Gasteiger partial charge in [-0.3, -0.25) is 0 Å². The van der Waals surface area contributed by atoms with E-state index < -0.39 is 5.97 Å². The van der Waals surface area contributed by atoms with E-state index in [-0.39, 0.29) is 17.3 Å². The maximum atomic E-state index is 11.4. The van der Waals surface area contributed by atoms with Gasteiger partial charge >= 0.3 is 5.97 Å². The third-order valence-corrected chi connectivity index (χ3v) is 3.76. The van der Waals surface area contributed by atoms with Crippen LogP contribution < -0.4 is 14.2 Å². The van der Waals surface area contributed by atoms with Crippen molar-refractivity contribution in [1.82, 2.24) is 10.1 Å². The molecule has 0 atom stereocenters. The van der Waals surface area contributed by atoms with Gasteiger partial charge < -0.3 is 23.8 Å². The lowest BCUT2D eigenvalue weighted by Gasteiger charge is -2.12. The number of hydrogen-bond acceptors (Lipinski definition) is 7. The van der Waals surface area contributed by atoms with E-state index in [1.165, 1.54) is 27.4 Å². The van der Waals surface area contributed by atoms with Crippen LogP contribution in [0.1, 0.15) is 10.4 Å². The van der Waals surface area contributed by atoms with Crippen molar-refractivity contribution in [1.29, 1.82) is 0 Å². The Morgan fingerprint density at radius 2 is 1.62 bits per heavy atom. The lowest BCUT2D eigenvalue weighted by Crippen LogP contribution is -1.99. The van der Waals surface area contributed by atoms with Crippen molar-refractivity contribution in [2.45, 2.75) is 0 Å². The van der Waals surface area contributed by atoms with Crippen LogP contribution in [-0.4, -0.2) is 42.5 Å². The first-order valence-corrected chi connectivity index (χ1v) is 7.55. The molecule has 0 unspecified atom stereocenters. The molecule has 3 rings (SSSR count). The van der Waals surface area contributed by atoms with Crippen molar-refractivity contribution in [2.24, 2.45) is 0 Å². The van der Waals surface area contributed by atoms with Crippen molar-refractivity contribution in [3.63, 3.8) is 0 Å². The predicted octanol–water partition coefficient (Wildman–Crippen LogP) is 3.13. The highest BCUT2D eigenvalue weighted by atomic mass is 16.5. The van der Waals surface area contributed by atoms with Crippen LogP contribution >= 0.6 is 0 Å². The predicted molar refractivity (Wildman–Crippen MR) is 91.8 cm³/mol. The Hall–Kier alpha value is -3.55. The third-order valence-electron chi connectivity index (χ3n) is 3.76. The first-order chi connectivity index (χ1) is 12.6. The summed E-state index contributed by atoms with van der Waals surface area (Å²) in [7, 11) is 4.54. The van der Waals surface area contributed by atoms with Crippen molar-refractivity contribution in [3.8, 4) is 40.1 Å². The highest BCUT2D eigenvalue weighted by molar-refractivity contribution is 5.94. The molecule has 1 heterocycles. The molecule has 0 amide bonds. The number of hydrogen-bond donors (Lipinski definition) is 1. The highest BCUT2D eigenvalue weighted by Gasteiger charge is 2.21. The normalized spacial score (nSPS) is 10.4. The van der Waals surface area contributed by atoms with Crippen molar-refractivity contribution < 1.29 is 28.6 Å². The van der Waals surface area contributed by atoms with Crippen molar-refractivity contribution >= 4 is 5.97 Å². The largest absolute Gasteiger partial charge is 0.496 e. The summed E-state index contributed by atoms with van der Waals surface area (Å²) in [6.45, 7) is 0. The summed E-state index contributed by atoms with van der Waals surface area (Å²) in [5, 5.41) is 13.3. The van der Waals surface area contributed by atoms with E-state index in [1.54, 1.807) is 30.3 Å². The summed E-state index contributed by atoms with van der Waals surface area (Å²) >= 11 is 0. The third kappa shape index (κ3) is 3.04. The van der Waals surface area contributed by atoms with Crippen LogP contribution in [0.5, 0.6) is 17.2 Å². The van der Waals surface area contributed by atoms with E-state index in [0.29, 0.717) is 28.4 Å². The molecule has 0 radical (unpaired) electrons. The number of carboxylic acid groups (broad SMARTS) is 1. The molecular weight excluding hydrogens is 340 g/mol. The second-order valence-corrected chi connectivity index (χ2v) is 5.18. The number of methoxy groups -OCH3 is 3. The van der Waals surface area contributed by atoms with Crippen molar-refractivity contribution in [2.75, 3.05) is 21.3 Å². The van der Waals surface area contributed by atoms with Crippen LogP contribution in [0.4, 0.5) is 0 Å². The summed E-state index contributed by atoms with van der Waals surface area (Å²) in [5.74, 6) is 0.673. The van der Waals surface area contributed by atoms with Crippen LogP contribution in [0.2, 0.25) is 0 Å². The van der Waals surface area contributed by atoms with Gasteiger partial charge in [-0.1, -0.05) is 17.3 Å². The van der Waals surface area contributed by atoms with Crippen LogP contribution in [0.15, 0.2) is 40.9 Å². The Labute approximate surface area is 148 Å². The van der Waals surface area contributed by atoms with E-state index in [2.05, 4.69) is 10.1 Å². The molecule has 0 aliphatic carbocycles. The lowest BCUT2D eigenvalue weighted by atomic mass is 10.1. The van der Waals surface area contributed by atoms with Gasteiger partial charge in [0, 0.05) is 6.07 Å². The first kappa shape index (κ1) is 17.3. The van der Waals surface area contributed by atoms with Crippen molar-refractivity contribution in [3.05, 3.63) is 42.0 Å². The number of ether oxygens (including phenoxy) is 3. The Kier molecular flexibility index (Phi) is 4.74. The Bertz CT molecular complexity index is 951. The zero-order valence-electron chi connectivity index (χ0n) is 14.3. The number of carbonyl (C=O) groups is 1. The zero-order chi connectivity index (χ0) is 18.7. The quantitative estimate of drug-likeness (QED) is 0.718. The van der Waals surface area contributed by atoms with E-state index >= 15 is 0 Å². The molecular formula is C18H16N2O6. The van der Waals surface area contributed by atoms with Crippen LogP contribution in [-0.2, 0) is 0 Å². The number of aromatic nitrogens is 2. The standard InChI is InChI=1S/C18H16N2O6/c1-23-13-9-15(25-3)14(24-2)8-12(13)16-19-17(26-20-16)10-6-4-5-7-11(10)18(21)22/h4-9H,1-3H3,(H,21,22). The van der Waals surface area contributed by atoms with Crippen LogP contribution in [0, 0.1) is 0 Å². The summed E-state index contributed by atoms with van der Waals surface area (Å²) < 4.78 is 21.2. The van der Waals surface area contributed by atoms with Gasteiger partial charge in [-0.15, -0.1) is 0 Å². The minimum Gasteiger partial charge on any atom is -0.496 e. The van der Waals surface area contributed by atoms with E-state index in [1.807, 2.05) is 0 Å². The topological polar surface area (TPSA) is 104 Å². The average Bonchev–Trinajstić information content (AvgIpc) is 3.16. The van der Waals surface area contributed by atoms with Crippen LogP contribution in [0.3, 0.4) is 0 Å². The second-order valence-electron chi connectivity index (χ2n) is 5.18. The molecule has 1 aromatic heterocycles. The van der Waals surface area contributed by atoms with Crippen LogP contribution in [0.25, 0.3) is 22.8 Å². The molecule has 134 valence electrons. The van der Waals surface area contributed by atoms with E-state index in [9.17, 15) is 9.90 Å². The molecule has 0 saturated heterocycles. The molecule has 1 N–H and O–H groups in total. The van der Waals surface area contributed by atoms with Gasteiger partial charge in [-0.25, -0.2) is 4.79 Å². The minimum absolute atomic E-state index is 0.0713. The Morgan fingerprint density at radius 1 is 0.962 bits per heavy atom. The van der Waals surface area contributed by atoms with Gasteiger partial charge in [0.25, 0.3) is 5.89 Å². The molecule has 8 nitrogen and oxygen atoms in total. The Morgan fingerprint density at radius 3 is 2.27 bits per heavy atom. The summed E-state index contributed by atoms with van der Waals surface area (Å²) in [6.07, 6.45) is 0. The second kappa shape index (κ2) is 7.14. The molecule has 0 aliphatic heterocycles. The minimum atomic E-state index is -1.08. The number of rotatable bonds is 6. The van der Waals surface area contributed by atoms with Gasteiger partial charge in [0.15, 0.2) is 11.5 Å². The summed E-state index contributed by atoms with van der Waals surface area (Å²) in [4.78, 5) is 15.7. The smallest absolute Gasteiger partial charge is 0.336 e. The first-order valence-electron chi connectivity index (χ1n) is 7.55. The lowest BCUT2D eigenvalue weighted by molar-refractivity contribution is 0.0697. The number of nitrogens with zero attached hydrogens (tertiary/aromatic N) is 2. The highest BCUT2D eigenvalue weighted by Crippen LogP contribution is 2.39. The molecule has 0 spiro atoms. The summed E-state index contributed by atoms with van der Waals surface area (Å²) in [6, 6.07) is 9.71. The van der Waals surface area contributed by atoms with Gasteiger partial charge in [0.05, 0.1) is 38.0 Å². The number of benzene rings is 2. The van der Waals surface area contributed by atoms with Gasteiger partial charge in [0.1, 0.15) is 5.75 Å². The van der Waals surface area contributed by atoms with E-state index in [4.69, 9.17) is 18.7 Å². The molecule has 2 aromatic carbocycles. The monoisotopic (exact) mass is 356 g/mol. The molecule has 8 heteroatoms. The van der Waals surface area contributed by atoms with E-state index in [0.717, 1.165) is 0 Å². The number of carboxylic acids is 1. The molecule has 26 heavy (non-hydrogen) atoms. The zero-order valence-corrected chi connectivity index (χ0v) is 14.3. The molecule has 0 fully saturated rings. The fraction of sp³-hybridized carbons (Fsp3) is 0.167. The maximum Gasteiger partial charge on any atom is 0.336 e. The molecule has 0 aliphatic rings. The Balaban J connectivity index is 2.10. The average molecular weight is 356 g/mol. The van der Waals surface area contributed by atoms with Gasteiger partial charge in [-0.05, 0) is 18.2 Å². The molecule has 3 aromatic rings. The SMILES string of the molecule is COc1cc(OC)c(-c2noc(-c3ccccc3C(=O)O)n2)cc1OC. The molecule has 0 saturated carbocycles. The van der Waals surface area contributed by atoms with Gasteiger partial charge in [0.2, 0.25) is 5.82 Å². The fourth-order valence-electron chi connectivity index (χ4n) is 2.50. The number of aromatic carboxylic acids is 1. The van der Waals surface area contributed by atoms with Gasteiger partial charge in [-0.2, -0.15) is 4.98 Å².